The Morgan fingerprint density at radius 2 is 2.04 bits per heavy atom. The molecule has 0 saturated carbocycles. The molecule has 1 atom stereocenters. The Balaban J connectivity index is 2.01. The topological polar surface area (TPSA) is 89.0 Å². The second-order valence-corrected chi connectivity index (χ2v) is 6.76. The van der Waals surface area contributed by atoms with Crippen LogP contribution in [0.3, 0.4) is 0 Å². The van der Waals surface area contributed by atoms with Gasteiger partial charge in [-0.05, 0) is 44.0 Å². The first-order valence-electron chi connectivity index (χ1n) is 8.95. The molecule has 7 heteroatoms. The van der Waals surface area contributed by atoms with Crippen LogP contribution in [-0.4, -0.2) is 33.3 Å². The highest BCUT2D eigenvalue weighted by atomic mass is 16.5. The summed E-state index contributed by atoms with van der Waals surface area (Å²) in [6.07, 6.45) is 3.51. The maximum atomic E-state index is 13.1. The lowest BCUT2D eigenvalue weighted by molar-refractivity contribution is 0.0935. The summed E-state index contributed by atoms with van der Waals surface area (Å²) >= 11 is 0. The Morgan fingerprint density at radius 3 is 2.61 bits per heavy atom. The maximum Gasteiger partial charge on any atom is 0.268 e. The molecule has 3 aromatic rings. The van der Waals surface area contributed by atoms with Crippen LogP contribution in [0.2, 0.25) is 0 Å². The fourth-order valence-electron chi connectivity index (χ4n) is 3.48. The summed E-state index contributed by atoms with van der Waals surface area (Å²) in [6, 6.07) is 7.02. The van der Waals surface area contributed by atoms with Gasteiger partial charge in [0.15, 0.2) is 5.78 Å². The summed E-state index contributed by atoms with van der Waals surface area (Å²) in [5.74, 6) is 1.01. The summed E-state index contributed by atoms with van der Waals surface area (Å²) < 4.78 is 7.18. The zero-order valence-corrected chi connectivity index (χ0v) is 16.7. The van der Waals surface area contributed by atoms with Gasteiger partial charge in [-0.25, -0.2) is 4.98 Å². The fraction of sp³-hybridized carbons (Fsp3) is 0.286. The van der Waals surface area contributed by atoms with Crippen molar-refractivity contribution in [1.82, 2.24) is 19.9 Å². The smallest absolute Gasteiger partial charge is 0.268 e. The number of aryl methyl sites for hydroxylation is 2. The number of H-pyrrole nitrogens is 1. The normalized spacial score (nSPS) is 11.9. The largest absolute Gasteiger partial charge is 0.497 e. The lowest BCUT2D eigenvalue weighted by Gasteiger charge is -2.19. The first kappa shape index (κ1) is 19.4. The molecule has 7 nitrogen and oxygen atoms in total. The van der Waals surface area contributed by atoms with Crippen LogP contribution >= 0.6 is 0 Å². The molecule has 1 aromatic carbocycles. The van der Waals surface area contributed by atoms with E-state index in [9.17, 15) is 9.59 Å². The van der Waals surface area contributed by atoms with Crippen LogP contribution in [0.25, 0.3) is 0 Å². The summed E-state index contributed by atoms with van der Waals surface area (Å²) in [7, 11) is 3.47. The fourth-order valence-corrected chi connectivity index (χ4v) is 3.48. The van der Waals surface area contributed by atoms with Crippen molar-refractivity contribution in [1.29, 1.82) is 0 Å². The van der Waals surface area contributed by atoms with Gasteiger partial charge in [-0.2, -0.15) is 0 Å². The van der Waals surface area contributed by atoms with Crippen molar-refractivity contribution in [2.24, 2.45) is 7.05 Å². The molecule has 0 spiro atoms. The van der Waals surface area contributed by atoms with Gasteiger partial charge in [0.1, 0.15) is 23.3 Å². The third-order valence-corrected chi connectivity index (χ3v) is 4.84. The highest BCUT2D eigenvalue weighted by Gasteiger charge is 2.25. The molecule has 1 amide bonds. The molecule has 0 aliphatic rings. The van der Waals surface area contributed by atoms with Crippen LogP contribution in [0.4, 0.5) is 0 Å². The van der Waals surface area contributed by atoms with Crippen molar-refractivity contribution in [3.63, 3.8) is 0 Å². The summed E-state index contributed by atoms with van der Waals surface area (Å²) in [5, 5.41) is 3.04. The van der Waals surface area contributed by atoms with E-state index in [1.165, 1.54) is 6.92 Å². The van der Waals surface area contributed by atoms with E-state index < -0.39 is 6.04 Å². The van der Waals surface area contributed by atoms with Crippen molar-refractivity contribution in [2.45, 2.75) is 26.8 Å². The minimum absolute atomic E-state index is 0.0706. The first-order chi connectivity index (χ1) is 13.3. The minimum Gasteiger partial charge on any atom is -0.497 e. The van der Waals surface area contributed by atoms with Crippen molar-refractivity contribution in [2.75, 3.05) is 7.11 Å². The lowest BCUT2D eigenvalue weighted by atomic mass is 10.0. The van der Waals surface area contributed by atoms with Gasteiger partial charge >= 0.3 is 0 Å². The van der Waals surface area contributed by atoms with Gasteiger partial charge in [0.25, 0.3) is 5.91 Å². The third kappa shape index (κ3) is 3.55. The Labute approximate surface area is 163 Å². The summed E-state index contributed by atoms with van der Waals surface area (Å²) in [5.41, 5.74) is 3.11. The molecule has 0 fully saturated rings. The molecular weight excluding hydrogens is 356 g/mol. The Morgan fingerprint density at radius 1 is 1.29 bits per heavy atom. The molecule has 3 rings (SSSR count). The van der Waals surface area contributed by atoms with Gasteiger partial charge in [0, 0.05) is 30.7 Å². The van der Waals surface area contributed by atoms with Gasteiger partial charge in [-0.1, -0.05) is 12.1 Å². The summed E-state index contributed by atoms with van der Waals surface area (Å²) in [4.78, 5) is 32.4. The van der Waals surface area contributed by atoms with Crippen LogP contribution in [0.15, 0.2) is 36.7 Å². The van der Waals surface area contributed by atoms with E-state index in [2.05, 4.69) is 15.3 Å². The number of carbonyl (C=O) groups is 2. The minimum atomic E-state index is -0.480. The molecule has 146 valence electrons. The maximum absolute atomic E-state index is 13.1. The molecule has 0 saturated heterocycles. The van der Waals surface area contributed by atoms with Crippen molar-refractivity contribution in [3.05, 3.63) is 70.6 Å². The average Bonchev–Trinajstić information content (AvgIpc) is 3.22. The number of ether oxygens (including phenoxy) is 1. The van der Waals surface area contributed by atoms with Gasteiger partial charge in [0.2, 0.25) is 0 Å². The third-order valence-electron chi connectivity index (χ3n) is 4.84. The quantitative estimate of drug-likeness (QED) is 0.643. The van der Waals surface area contributed by atoms with E-state index in [1.807, 2.05) is 42.1 Å². The average molecular weight is 380 g/mol. The van der Waals surface area contributed by atoms with Gasteiger partial charge in [-0.3, -0.25) is 9.59 Å². The predicted octanol–water partition coefficient (Wildman–Crippen LogP) is 3.10. The Kier molecular flexibility index (Phi) is 5.35. The number of methoxy groups -OCH3 is 1. The van der Waals surface area contributed by atoms with Crippen LogP contribution in [0.5, 0.6) is 5.75 Å². The van der Waals surface area contributed by atoms with E-state index in [1.54, 1.807) is 27.2 Å². The first-order valence-corrected chi connectivity index (χ1v) is 8.95. The van der Waals surface area contributed by atoms with Crippen LogP contribution in [0.1, 0.15) is 56.5 Å². The van der Waals surface area contributed by atoms with Gasteiger partial charge in [-0.15, -0.1) is 0 Å². The highest BCUT2D eigenvalue weighted by Crippen LogP contribution is 2.25. The molecule has 0 bridgehead atoms. The lowest BCUT2D eigenvalue weighted by Crippen LogP contribution is -2.31. The zero-order chi connectivity index (χ0) is 20.4. The van der Waals surface area contributed by atoms with Crippen LogP contribution in [0, 0.1) is 13.8 Å². The zero-order valence-electron chi connectivity index (χ0n) is 16.7. The molecular formula is C21H24N4O3. The molecule has 0 aliphatic heterocycles. The van der Waals surface area contributed by atoms with E-state index in [0.717, 1.165) is 5.56 Å². The Bertz CT molecular complexity index is 1030. The molecule has 28 heavy (non-hydrogen) atoms. The number of hydrogen-bond acceptors (Lipinski definition) is 4. The number of rotatable bonds is 6. The number of carbonyl (C=O) groups excluding carboxylic acids is 2. The highest BCUT2D eigenvalue weighted by molar-refractivity contribution is 6.02. The number of aromatic nitrogens is 3. The van der Waals surface area contributed by atoms with Crippen LogP contribution in [-0.2, 0) is 7.05 Å². The van der Waals surface area contributed by atoms with E-state index >= 15 is 0 Å². The number of Topliss-reactive ketones (excluding diaryl/α,β-unsaturated/α-hetero) is 1. The van der Waals surface area contributed by atoms with Crippen molar-refractivity contribution in [3.8, 4) is 5.75 Å². The van der Waals surface area contributed by atoms with Gasteiger partial charge in [0.05, 0.1) is 7.11 Å². The molecule has 2 N–H and O–H groups in total. The Hall–Kier alpha value is -3.35. The second-order valence-electron chi connectivity index (χ2n) is 6.76. The summed E-state index contributed by atoms with van der Waals surface area (Å²) in [6.45, 7) is 5.06. The van der Waals surface area contributed by atoms with Crippen LogP contribution < -0.4 is 10.1 Å². The van der Waals surface area contributed by atoms with E-state index in [0.29, 0.717) is 34.1 Å². The second kappa shape index (κ2) is 7.72. The van der Waals surface area contributed by atoms with Crippen molar-refractivity contribution >= 4 is 11.7 Å². The SMILES string of the molecule is COc1cccc(C(NC(=O)c2[nH]c(C)c(C(C)=O)c2C)c2nccn2C)c1. The number of nitrogens with zero attached hydrogens (tertiary/aromatic N) is 2. The van der Waals surface area contributed by atoms with Gasteiger partial charge < -0.3 is 19.6 Å². The predicted molar refractivity (Wildman–Crippen MR) is 106 cm³/mol. The number of imidazole rings is 1. The van der Waals surface area contributed by atoms with E-state index in [-0.39, 0.29) is 11.7 Å². The number of benzene rings is 1. The molecule has 2 heterocycles. The molecule has 1 unspecified atom stereocenters. The number of hydrogen-bond donors (Lipinski definition) is 2. The number of nitrogens with one attached hydrogen (secondary N) is 2. The standard InChI is InChI=1S/C21H24N4O3/c1-12-17(14(3)26)13(2)23-18(12)21(27)24-19(20-22-9-10-25(20)4)15-7-6-8-16(11-15)28-5/h6-11,19,23H,1-5H3,(H,24,27). The van der Waals surface area contributed by atoms with Crippen molar-refractivity contribution < 1.29 is 14.3 Å². The number of ketones is 1. The monoisotopic (exact) mass is 380 g/mol. The molecule has 0 aliphatic carbocycles. The molecule has 2 aromatic heterocycles. The number of amides is 1. The van der Waals surface area contributed by atoms with E-state index in [4.69, 9.17) is 4.74 Å². The number of aromatic amines is 1. The molecule has 0 radical (unpaired) electrons.